The lowest BCUT2D eigenvalue weighted by Gasteiger charge is -2.40. The van der Waals surface area contributed by atoms with Crippen LogP contribution < -0.4 is 5.32 Å². The zero-order valence-electron chi connectivity index (χ0n) is 44.5. The van der Waals surface area contributed by atoms with E-state index in [9.17, 15) is 30.3 Å². The average molecular weight is 981 g/mol. The van der Waals surface area contributed by atoms with Gasteiger partial charge < -0.3 is 40.3 Å². The van der Waals surface area contributed by atoms with Gasteiger partial charge in [-0.2, -0.15) is 0 Å². The molecule has 6 N–H and O–H groups in total. The monoisotopic (exact) mass is 980 g/mol. The maximum Gasteiger partial charge on any atom is 0.220 e. The van der Waals surface area contributed by atoms with E-state index in [1.54, 1.807) is 6.08 Å². The van der Waals surface area contributed by atoms with Gasteiger partial charge in [-0.3, -0.25) is 4.79 Å². The number of amides is 1. The van der Waals surface area contributed by atoms with Gasteiger partial charge in [-0.15, -0.1) is 0 Å². The Hall–Kier alpha value is -2.89. The molecule has 402 valence electrons. The minimum Gasteiger partial charge on any atom is -0.394 e. The highest BCUT2D eigenvalue weighted by Gasteiger charge is 2.44. The Morgan fingerprint density at radius 3 is 1.37 bits per heavy atom. The molecule has 0 bridgehead atoms. The maximum atomic E-state index is 13.1. The van der Waals surface area contributed by atoms with Gasteiger partial charge in [0.1, 0.15) is 24.4 Å². The lowest BCUT2D eigenvalue weighted by atomic mass is 9.99. The largest absolute Gasteiger partial charge is 0.394 e. The fraction of sp³-hybridized carbons (Fsp3) is 0.721. The van der Waals surface area contributed by atoms with Crippen molar-refractivity contribution < 1.29 is 39.8 Å². The van der Waals surface area contributed by atoms with Gasteiger partial charge in [0.05, 0.1) is 25.4 Å². The van der Waals surface area contributed by atoms with Gasteiger partial charge in [-0.05, 0) is 83.5 Å². The number of unbranched alkanes of at least 4 members (excludes halogenated alkanes) is 23. The van der Waals surface area contributed by atoms with Gasteiger partial charge in [0.25, 0.3) is 0 Å². The summed E-state index contributed by atoms with van der Waals surface area (Å²) in [5.41, 5.74) is 0. The first-order chi connectivity index (χ1) is 34.3. The summed E-state index contributed by atoms with van der Waals surface area (Å²) >= 11 is 0. The van der Waals surface area contributed by atoms with Crippen molar-refractivity contribution in [2.45, 2.75) is 269 Å². The SMILES string of the molecule is CC/C=C\C/C=C\C/C=C\C/C=C\C/C=C\C/C=C\CCCCCCCCCCCCC(=O)NC(COC1OC(CO)C(O)C(O)C1O)C(O)/C=C/CC/C=C/CCCCCCCCCCCCCC. The minimum atomic E-state index is -1.58. The van der Waals surface area contributed by atoms with Gasteiger partial charge in [-0.1, -0.05) is 233 Å². The molecule has 0 aliphatic carbocycles. The van der Waals surface area contributed by atoms with Crippen LogP contribution in [-0.2, 0) is 14.3 Å². The molecule has 0 spiro atoms. The van der Waals surface area contributed by atoms with Crippen molar-refractivity contribution in [3.05, 3.63) is 97.2 Å². The zero-order chi connectivity index (χ0) is 50.8. The zero-order valence-corrected chi connectivity index (χ0v) is 44.5. The normalized spacial score (nSPS) is 20.1. The highest BCUT2D eigenvalue weighted by atomic mass is 16.7. The Morgan fingerprint density at radius 1 is 0.500 bits per heavy atom. The van der Waals surface area contributed by atoms with Crippen LogP contribution in [0.15, 0.2) is 97.2 Å². The van der Waals surface area contributed by atoms with Crippen LogP contribution in [0, 0.1) is 0 Å². The van der Waals surface area contributed by atoms with Gasteiger partial charge in [-0.25, -0.2) is 0 Å². The number of hydrogen-bond acceptors (Lipinski definition) is 8. The van der Waals surface area contributed by atoms with Crippen molar-refractivity contribution in [2.24, 2.45) is 0 Å². The second-order valence-electron chi connectivity index (χ2n) is 19.3. The van der Waals surface area contributed by atoms with Crippen molar-refractivity contribution in [3.63, 3.8) is 0 Å². The van der Waals surface area contributed by atoms with Gasteiger partial charge in [0.2, 0.25) is 5.91 Å². The third-order valence-corrected chi connectivity index (χ3v) is 12.9. The first kappa shape index (κ1) is 65.1. The number of hydrogen-bond donors (Lipinski definition) is 6. The fourth-order valence-corrected chi connectivity index (χ4v) is 8.41. The summed E-state index contributed by atoms with van der Waals surface area (Å²) in [6, 6.07) is -0.830. The molecule has 0 aromatic carbocycles. The first-order valence-corrected chi connectivity index (χ1v) is 28.5. The standard InChI is InChI=1S/C61H105NO8/c1-3-5-7-9-11-13-15-17-19-21-23-24-25-26-27-28-29-30-31-32-33-35-37-39-41-43-45-47-49-51-57(65)62-54(53-69-61-60(68)59(67)58(66)56(52-63)70-61)55(64)50-48-46-44-42-40-38-36-34-22-20-18-16-14-12-10-8-6-4-2/h5,7,11,13,17,19,23-24,26-27,29-30,40,42,48,50,54-56,58-61,63-64,66-68H,3-4,6,8-10,12,14-16,18,20-22,25,28,31-39,41,43-47,49,51-53H2,1-2H3,(H,62,65)/b7-5-,13-11-,19-17-,24-23-,27-26-,30-29-,42-40+,50-48+. The van der Waals surface area contributed by atoms with E-state index in [1.807, 2.05) is 6.08 Å². The minimum absolute atomic E-state index is 0.195. The van der Waals surface area contributed by atoms with Gasteiger partial charge >= 0.3 is 0 Å². The molecule has 1 saturated heterocycles. The molecule has 9 heteroatoms. The van der Waals surface area contributed by atoms with Crippen LogP contribution >= 0.6 is 0 Å². The number of carbonyl (C=O) groups is 1. The van der Waals surface area contributed by atoms with Crippen LogP contribution in [0.25, 0.3) is 0 Å². The molecular weight excluding hydrogens is 875 g/mol. The number of allylic oxidation sites excluding steroid dienone is 15. The molecule has 1 aliphatic rings. The lowest BCUT2D eigenvalue weighted by molar-refractivity contribution is -0.302. The van der Waals surface area contributed by atoms with Crippen molar-refractivity contribution in [1.82, 2.24) is 5.32 Å². The smallest absolute Gasteiger partial charge is 0.220 e. The molecule has 7 unspecified atom stereocenters. The lowest BCUT2D eigenvalue weighted by Crippen LogP contribution is -2.60. The summed E-state index contributed by atoms with van der Waals surface area (Å²) in [4.78, 5) is 13.1. The molecule has 0 aromatic heterocycles. The quantitative estimate of drug-likeness (QED) is 0.0261. The number of ether oxygens (including phenoxy) is 2. The molecular formula is C61H105NO8. The number of aliphatic hydroxyl groups is 5. The highest BCUT2D eigenvalue weighted by molar-refractivity contribution is 5.76. The third-order valence-electron chi connectivity index (χ3n) is 12.9. The van der Waals surface area contributed by atoms with E-state index >= 15 is 0 Å². The predicted octanol–water partition coefficient (Wildman–Crippen LogP) is 14.0. The molecule has 0 aromatic rings. The molecule has 1 heterocycles. The predicted molar refractivity (Wildman–Crippen MR) is 294 cm³/mol. The van der Waals surface area contributed by atoms with E-state index in [2.05, 4.69) is 104 Å². The second kappa shape index (κ2) is 49.7. The molecule has 0 saturated carbocycles. The maximum absolute atomic E-state index is 13.1. The number of aliphatic hydroxyl groups excluding tert-OH is 5. The van der Waals surface area contributed by atoms with Crippen molar-refractivity contribution in [3.8, 4) is 0 Å². The summed E-state index contributed by atoms with van der Waals surface area (Å²) in [6.07, 6.45) is 64.6. The van der Waals surface area contributed by atoms with Crippen LogP contribution in [-0.4, -0.2) is 87.5 Å². The van der Waals surface area contributed by atoms with Gasteiger partial charge in [0, 0.05) is 6.42 Å². The fourth-order valence-electron chi connectivity index (χ4n) is 8.41. The van der Waals surface area contributed by atoms with Crippen molar-refractivity contribution in [1.29, 1.82) is 0 Å². The molecule has 9 nitrogen and oxygen atoms in total. The van der Waals surface area contributed by atoms with Crippen LogP contribution in [0.3, 0.4) is 0 Å². The molecule has 0 radical (unpaired) electrons. The molecule has 70 heavy (non-hydrogen) atoms. The molecule has 1 aliphatic heterocycles. The Bertz CT molecular complexity index is 1420. The summed E-state index contributed by atoms with van der Waals surface area (Å²) < 4.78 is 11.2. The second-order valence-corrected chi connectivity index (χ2v) is 19.3. The topological polar surface area (TPSA) is 149 Å². The summed E-state index contributed by atoms with van der Waals surface area (Å²) in [5, 5.41) is 54.5. The van der Waals surface area contributed by atoms with Crippen LogP contribution in [0.4, 0.5) is 0 Å². The number of carbonyl (C=O) groups excluding carboxylic acids is 1. The van der Waals surface area contributed by atoms with Crippen LogP contribution in [0.1, 0.15) is 226 Å². The van der Waals surface area contributed by atoms with Crippen molar-refractivity contribution in [2.75, 3.05) is 13.2 Å². The Kier molecular flexibility index (Phi) is 46.2. The Morgan fingerprint density at radius 2 is 0.900 bits per heavy atom. The van der Waals surface area contributed by atoms with Crippen molar-refractivity contribution >= 4 is 5.91 Å². The van der Waals surface area contributed by atoms with E-state index in [-0.39, 0.29) is 12.5 Å². The Labute approximate surface area is 428 Å². The van der Waals surface area contributed by atoms with E-state index in [1.165, 1.54) is 116 Å². The van der Waals surface area contributed by atoms with E-state index < -0.39 is 49.5 Å². The summed E-state index contributed by atoms with van der Waals surface area (Å²) in [6.45, 7) is 3.65. The average Bonchev–Trinajstić information content (AvgIpc) is 3.36. The molecule has 7 atom stereocenters. The van der Waals surface area contributed by atoms with E-state index in [0.29, 0.717) is 6.42 Å². The third kappa shape index (κ3) is 38.7. The van der Waals surface area contributed by atoms with E-state index in [4.69, 9.17) is 9.47 Å². The number of nitrogens with one attached hydrogen (secondary N) is 1. The Balaban J connectivity index is 2.25. The summed E-state index contributed by atoms with van der Waals surface area (Å²) in [5.74, 6) is -0.195. The summed E-state index contributed by atoms with van der Waals surface area (Å²) in [7, 11) is 0. The van der Waals surface area contributed by atoms with Crippen LogP contribution in [0.5, 0.6) is 0 Å². The number of rotatable bonds is 47. The molecule has 1 amide bonds. The first-order valence-electron chi connectivity index (χ1n) is 28.5. The van der Waals surface area contributed by atoms with E-state index in [0.717, 1.165) is 89.9 Å². The van der Waals surface area contributed by atoms with Crippen LogP contribution in [0.2, 0.25) is 0 Å². The highest BCUT2D eigenvalue weighted by Crippen LogP contribution is 2.23. The molecule has 1 fully saturated rings. The molecule has 1 rings (SSSR count). The van der Waals surface area contributed by atoms with Gasteiger partial charge in [0.15, 0.2) is 6.29 Å².